The van der Waals surface area contributed by atoms with E-state index < -0.39 is 0 Å². The predicted molar refractivity (Wildman–Crippen MR) is 79.2 cm³/mol. The Labute approximate surface area is 133 Å². The maximum absolute atomic E-state index is 12.6. The fourth-order valence-electron chi connectivity index (χ4n) is 4.52. The molecular formula is C16H18N4O3. The highest BCUT2D eigenvalue weighted by molar-refractivity contribution is 5.98. The zero-order chi connectivity index (χ0) is 15.6. The van der Waals surface area contributed by atoms with E-state index in [-0.39, 0.29) is 29.6 Å². The Morgan fingerprint density at radius 2 is 1.87 bits per heavy atom. The van der Waals surface area contributed by atoms with E-state index in [9.17, 15) is 9.59 Å². The molecule has 4 fully saturated rings. The molecule has 1 saturated carbocycles. The molecule has 120 valence electrons. The molecule has 1 aliphatic carbocycles. The van der Waals surface area contributed by atoms with E-state index >= 15 is 0 Å². The summed E-state index contributed by atoms with van der Waals surface area (Å²) in [5.41, 5.74) is 0.749. The van der Waals surface area contributed by atoms with Crippen molar-refractivity contribution in [2.75, 3.05) is 37.7 Å². The van der Waals surface area contributed by atoms with Crippen molar-refractivity contribution >= 4 is 17.5 Å². The van der Waals surface area contributed by atoms with E-state index in [1.807, 2.05) is 4.90 Å². The summed E-state index contributed by atoms with van der Waals surface area (Å²) < 4.78 is 5.36. The molecule has 3 saturated heterocycles. The predicted octanol–water partition coefficient (Wildman–Crippen LogP) is -0.210. The summed E-state index contributed by atoms with van der Waals surface area (Å²) in [7, 11) is 0. The van der Waals surface area contributed by atoms with Crippen molar-refractivity contribution in [3.63, 3.8) is 0 Å². The molecule has 0 spiro atoms. The van der Waals surface area contributed by atoms with Crippen LogP contribution in [0.25, 0.3) is 0 Å². The molecule has 0 N–H and O–H groups in total. The van der Waals surface area contributed by atoms with Crippen molar-refractivity contribution < 1.29 is 14.3 Å². The molecule has 2 amide bonds. The van der Waals surface area contributed by atoms with Gasteiger partial charge in [-0.25, -0.2) is 9.97 Å². The smallest absolute Gasteiger partial charge is 0.232 e. The number of ether oxygens (including phenoxy) is 1. The van der Waals surface area contributed by atoms with Gasteiger partial charge in [-0.15, -0.1) is 0 Å². The SMILES string of the molecule is O=C(C1[C@H]2COC[C@@H]12)N1C[C@H]2CN(c3cncnc3)C(=O)[C@H]2C1. The van der Waals surface area contributed by atoms with Crippen LogP contribution in [-0.4, -0.2) is 59.5 Å². The summed E-state index contributed by atoms with van der Waals surface area (Å²) >= 11 is 0. The fourth-order valence-corrected chi connectivity index (χ4v) is 4.52. The van der Waals surface area contributed by atoms with Gasteiger partial charge in [0.25, 0.3) is 0 Å². The second kappa shape index (κ2) is 4.74. The number of fused-ring (bicyclic) bond motifs is 2. The van der Waals surface area contributed by atoms with Crippen molar-refractivity contribution in [2.24, 2.45) is 29.6 Å². The van der Waals surface area contributed by atoms with Crippen molar-refractivity contribution in [2.45, 2.75) is 0 Å². The lowest BCUT2D eigenvalue weighted by Gasteiger charge is -2.22. The van der Waals surface area contributed by atoms with Crippen LogP contribution in [0.15, 0.2) is 18.7 Å². The highest BCUT2D eigenvalue weighted by atomic mass is 16.5. The van der Waals surface area contributed by atoms with Crippen molar-refractivity contribution in [3.05, 3.63) is 18.7 Å². The zero-order valence-electron chi connectivity index (χ0n) is 12.7. The molecule has 4 aliphatic rings. The second-order valence-corrected chi connectivity index (χ2v) is 7.05. The van der Waals surface area contributed by atoms with Crippen molar-refractivity contribution in [1.29, 1.82) is 0 Å². The van der Waals surface area contributed by atoms with Crippen LogP contribution in [0.2, 0.25) is 0 Å². The van der Waals surface area contributed by atoms with Gasteiger partial charge in [-0.05, 0) is 11.8 Å². The number of amides is 2. The van der Waals surface area contributed by atoms with Gasteiger partial charge >= 0.3 is 0 Å². The summed E-state index contributed by atoms with van der Waals surface area (Å²) in [5.74, 6) is 1.49. The number of hydrogen-bond donors (Lipinski definition) is 0. The minimum Gasteiger partial charge on any atom is -0.381 e. The normalized spacial score (nSPS) is 37.9. The van der Waals surface area contributed by atoms with Crippen molar-refractivity contribution in [1.82, 2.24) is 14.9 Å². The lowest BCUT2D eigenvalue weighted by atomic mass is 10.0. The standard InChI is InChI=1S/C16H18N4O3/c21-15-11-5-19(16(22)14-12-6-23-7-13(12)14)3-9(11)4-20(15)10-1-17-8-18-2-10/h1-2,8-9,11-14H,3-7H2/t9-,11-,12-,13+,14?/m0/s1. The Balaban J connectivity index is 1.27. The van der Waals surface area contributed by atoms with E-state index in [4.69, 9.17) is 4.74 Å². The molecule has 1 aromatic rings. The van der Waals surface area contributed by atoms with Gasteiger partial charge in [0.05, 0.1) is 37.2 Å². The third-order valence-electron chi connectivity index (χ3n) is 5.85. The maximum atomic E-state index is 12.6. The molecule has 1 unspecified atom stereocenters. The van der Waals surface area contributed by atoms with Crippen molar-refractivity contribution in [3.8, 4) is 0 Å². The third-order valence-corrected chi connectivity index (χ3v) is 5.85. The van der Waals surface area contributed by atoms with Crippen LogP contribution in [0.1, 0.15) is 0 Å². The van der Waals surface area contributed by atoms with E-state index in [0.29, 0.717) is 31.5 Å². The molecule has 5 rings (SSSR count). The van der Waals surface area contributed by atoms with Gasteiger partial charge in [0, 0.05) is 31.5 Å². The van der Waals surface area contributed by atoms with Crippen LogP contribution >= 0.6 is 0 Å². The van der Waals surface area contributed by atoms with Crippen LogP contribution in [0.3, 0.4) is 0 Å². The van der Waals surface area contributed by atoms with Gasteiger partial charge in [-0.1, -0.05) is 0 Å². The molecule has 1 aromatic heterocycles. The van der Waals surface area contributed by atoms with Gasteiger partial charge < -0.3 is 14.5 Å². The van der Waals surface area contributed by atoms with Crippen LogP contribution in [0, 0.1) is 29.6 Å². The average molecular weight is 314 g/mol. The van der Waals surface area contributed by atoms with Gasteiger partial charge in [0.15, 0.2) is 0 Å². The number of carbonyl (C=O) groups excluding carboxylic acids is 2. The molecule has 0 radical (unpaired) electrons. The Kier molecular flexibility index (Phi) is 2.76. The quantitative estimate of drug-likeness (QED) is 0.755. The van der Waals surface area contributed by atoms with E-state index in [0.717, 1.165) is 18.9 Å². The monoisotopic (exact) mass is 314 g/mol. The van der Waals surface area contributed by atoms with Crippen LogP contribution in [0.4, 0.5) is 5.69 Å². The molecule has 5 atom stereocenters. The first kappa shape index (κ1) is 13.4. The summed E-state index contributed by atoms with van der Waals surface area (Å²) in [6, 6.07) is 0. The van der Waals surface area contributed by atoms with E-state index in [1.165, 1.54) is 6.33 Å². The van der Waals surface area contributed by atoms with Gasteiger partial charge in [-0.3, -0.25) is 9.59 Å². The number of hydrogen-bond acceptors (Lipinski definition) is 5. The average Bonchev–Trinajstić information content (AvgIpc) is 2.95. The minimum absolute atomic E-state index is 0.0750. The Bertz CT molecular complexity index is 657. The van der Waals surface area contributed by atoms with E-state index in [2.05, 4.69) is 9.97 Å². The number of aromatic nitrogens is 2. The molecule has 4 heterocycles. The minimum atomic E-state index is -0.0750. The summed E-state index contributed by atoms with van der Waals surface area (Å²) in [6.07, 6.45) is 4.79. The lowest BCUT2D eigenvalue weighted by molar-refractivity contribution is -0.133. The van der Waals surface area contributed by atoms with Gasteiger partial charge in [0.2, 0.25) is 11.8 Å². The van der Waals surface area contributed by atoms with Gasteiger partial charge in [-0.2, -0.15) is 0 Å². The highest BCUT2D eigenvalue weighted by Gasteiger charge is 2.60. The topological polar surface area (TPSA) is 75.6 Å². The van der Waals surface area contributed by atoms with Crippen LogP contribution in [0.5, 0.6) is 0 Å². The third kappa shape index (κ3) is 1.92. The number of carbonyl (C=O) groups is 2. The molecule has 3 aliphatic heterocycles. The highest BCUT2D eigenvalue weighted by Crippen LogP contribution is 2.52. The first-order chi connectivity index (χ1) is 11.2. The maximum Gasteiger partial charge on any atom is 0.232 e. The Morgan fingerprint density at radius 3 is 2.57 bits per heavy atom. The lowest BCUT2D eigenvalue weighted by Crippen LogP contribution is -2.37. The first-order valence-corrected chi connectivity index (χ1v) is 8.17. The summed E-state index contributed by atoms with van der Waals surface area (Å²) in [6.45, 7) is 3.35. The van der Waals surface area contributed by atoms with E-state index in [1.54, 1.807) is 17.3 Å². The summed E-state index contributed by atoms with van der Waals surface area (Å²) in [5, 5.41) is 0. The van der Waals surface area contributed by atoms with Crippen LogP contribution in [-0.2, 0) is 14.3 Å². The molecule has 7 nitrogen and oxygen atoms in total. The van der Waals surface area contributed by atoms with Crippen LogP contribution < -0.4 is 4.90 Å². The second-order valence-electron chi connectivity index (χ2n) is 7.05. The Morgan fingerprint density at radius 1 is 1.13 bits per heavy atom. The molecule has 0 aromatic carbocycles. The molecule has 7 heteroatoms. The largest absolute Gasteiger partial charge is 0.381 e. The first-order valence-electron chi connectivity index (χ1n) is 8.17. The molecule has 23 heavy (non-hydrogen) atoms. The molecule has 0 bridgehead atoms. The Hall–Kier alpha value is -2.02. The number of likely N-dealkylation sites (tertiary alicyclic amines) is 1. The number of rotatable bonds is 2. The number of nitrogens with zero attached hydrogens (tertiary/aromatic N) is 4. The fraction of sp³-hybridized carbons (Fsp3) is 0.625. The summed E-state index contributed by atoms with van der Waals surface area (Å²) in [4.78, 5) is 36.9. The number of anilines is 1. The molecular weight excluding hydrogens is 296 g/mol. The van der Waals surface area contributed by atoms with Gasteiger partial charge in [0.1, 0.15) is 6.33 Å². The zero-order valence-corrected chi connectivity index (χ0v) is 12.7.